The Hall–Kier alpha value is -3.88. The van der Waals surface area contributed by atoms with Crippen molar-refractivity contribution in [2.24, 2.45) is 0 Å². The van der Waals surface area contributed by atoms with E-state index in [-0.39, 0.29) is 24.5 Å². The van der Waals surface area contributed by atoms with Gasteiger partial charge in [-0.3, -0.25) is 9.29 Å². The molecule has 0 bridgehead atoms. The van der Waals surface area contributed by atoms with E-state index in [1.807, 2.05) is 0 Å². The number of fused-ring (bicyclic) bond motifs is 3. The summed E-state index contributed by atoms with van der Waals surface area (Å²) >= 11 is 5.94. The van der Waals surface area contributed by atoms with E-state index in [0.29, 0.717) is 33.7 Å². The van der Waals surface area contributed by atoms with E-state index in [0.717, 1.165) is 0 Å². The van der Waals surface area contributed by atoms with E-state index in [4.69, 9.17) is 25.8 Å². The van der Waals surface area contributed by atoms with Gasteiger partial charge in [0.15, 0.2) is 29.0 Å². The quantitative estimate of drug-likeness (QED) is 0.306. The van der Waals surface area contributed by atoms with Crippen LogP contribution in [0.4, 0.5) is 5.95 Å². The number of benzene rings is 1. The van der Waals surface area contributed by atoms with Gasteiger partial charge in [-0.25, -0.2) is 28.4 Å². The molecule has 0 spiro atoms. The molecule has 3 atom stereocenters. The van der Waals surface area contributed by atoms with Crippen molar-refractivity contribution in [2.45, 2.75) is 44.3 Å². The van der Waals surface area contributed by atoms with Crippen LogP contribution in [-0.2, 0) is 14.8 Å². The van der Waals surface area contributed by atoms with Crippen LogP contribution >= 0.6 is 11.6 Å². The molecule has 0 aliphatic carbocycles. The third-order valence-electron chi connectivity index (χ3n) is 6.18. The SMILES string of the molecule is COc1cccc2c1OC[C@@H](c1ncccn1)n1c(NS(=O)(=O)C(C)C(OC(C)C)c3ncc(Cl)cn3)nnc1-2. The summed E-state index contributed by atoms with van der Waals surface area (Å²) in [6.45, 7) is 5.16. The lowest BCUT2D eigenvalue weighted by molar-refractivity contribution is 0.00154. The molecule has 4 aromatic rings. The zero-order valence-corrected chi connectivity index (χ0v) is 23.7. The average molecular weight is 587 g/mol. The van der Waals surface area contributed by atoms with Gasteiger partial charge in [0, 0.05) is 24.8 Å². The molecule has 1 N–H and O–H groups in total. The maximum absolute atomic E-state index is 13.8. The van der Waals surface area contributed by atoms with Gasteiger partial charge in [-0.2, -0.15) is 0 Å². The summed E-state index contributed by atoms with van der Waals surface area (Å²) in [6, 6.07) is 6.35. The van der Waals surface area contributed by atoms with E-state index in [1.165, 1.54) is 26.4 Å². The minimum atomic E-state index is -4.15. The molecule has 4 heterocycles. The molecule has 0 saturated heterocycles. The molecule has 5 rings (SSSR count). The van der Waals surface area contributed by atoms with Crippen LogP contribution in [0, 0.1) is 0 Å². The first-order valence-corrected chi connectivity index (χ1v) is 14.3. The summed E-state index contributed by atoms with van der Waals surface area (Å²) in [7, 11) is -2.61. The average Bonchev–Trinajstić information content (AvgIpc) is 3.26. The normalized spacial score (nSPS) is 16.3. The van der Waals surface area contributed by atoms with Crippen molar-refractivity contribution in [1.82, 2.24) is 34.7 Å². The molecule has 0 saturated carbocycles. The third-order valence-corrected chi connectivity index (χ3v) is 8.07. The zero-order chi connectivity index (χ0) is 28.4. The van der Waals surface area contributed by atoms with Crippen molar-refractivity contribution < 1.29 is 22.6 Å². The Morgan fingerprint density at radius 1 is 1.07 bits per heavy atom. The maximum Gasteiger partial charge on any atom is 0.240 e. The fourth-order valence-corrected chi connectivity index (χ4v) is 5.47. The molecule has 210 valence electrons. The number of hydrogen-bond acceptors (Lipinski definition) is 11. The standard InChI is InChI=1S/C25H27ClN8O5S/c1-14(2)39-20(23-29-11-16(26)12-30-23)15(3)40(35,36)33-25-32-31-24-17-7-5-8-19(37-4)21(17)38-13-18(34(24)25)22-27-9-6-10-28-22/h5-12,14-15,18,20H,13H2,1-4H3,(H,32,33)/t15?,18-,20?/m0/s1. The van der Waals surface area contributed by atoms with E-state index in [1.54, 1.807) is 55.1 Å². The highest BCUT2D eigenvalue weighted by Gasteiger charge is 2.38. The molecule has 0 fully saturated rings. The van der Waals surface area contributed by atoms with E-state index < -0.39 is 27.4 Å². The Balaban J connectivity index is 1.57. The fourth-order valence-electron chi connectivity index (χ4n) is 4.28. The number of para-hydroxylation sites is 1. The lowest BCUT2D eigenvalue weighted by Crippen LogP contribution is -2.35. The summed E-state index contributed by atoms with van der Waals surface area (Å²) in [6.07, 6.45) is 4.66. The first-order chi connectivity index (χ1) is 19.2. The van der Waals surface area contributed by atoms with Gasteiger partial charge in [-0.1, -0.05) is 17.7 Å². The molecule has 2 unspecified atom stereocenters. The molecule has 1 aliphatic rings. The number of aromatic nitrogens is 7. The summed E-state index contributed by atoms with van der Waals surface area (Å²) in [5.74, 6) is 1.82. The summed E-state index contributed by atoms with van der Waals surface area (Å²) in [4.78, 5) is 17.2. The first kappa shape index (κ1) is 27.7. The molecule has 15 heteroatoms. The van der Waals surface area contributed by atoms with Gasteiger partial charge in [-0.05, 0) is 39.0 Å². The van der Waals surface area contributed by atoms with Gasteiger partial charge in [0.25, 0.3) is 0 Å². The predicted octanol–water partition coefficient (Wildman–Crippen LogP) is 3.47. The van der Waals surface area contributed by atoms with Crippen LogP contribution in [0.3, 0.4) is 0 Å². The molecule has 0 amide bonds. The van der Waals surface area contributed by atoms with Gasteiger partial charge in [0.05, 0.1) is 23.8 Å². The monoisotopic (exact) mass is 586 g/mol. The maximum atomic E-state index is 13.8. The van der Waals surface area contributed by atoms with Gasteiger partial charge < -0.3 is 14.2 Å². The molecular formula is C25H27ClN8O5S. The van der Waals surface area contributed by atoms with E-state index in [9.17, 15) is 8.42 Å². The number of rotatable bonds is 9. The molecule has 3 aromatic heterocycles. The minimum Gasteiger partial charge on any atom is -0.493 e. The van der Waals surface area contributed by atoms with Crippen LogP contribution in [0.5, 0.6) is 11.5 Å². The van der Waals surface area contributed by atoms with Gasteiger partial charge in [0.2, 0.25) is 16.0 Å². The van der Waals surface area contributed by atoms with Crippen LogP contribution in [0.25, 0.3) is 11.4 Å². The van der Waals surface area contributed by atoms with Crippen molar-refractivity contribution >= 4 is 27.6 Å². The zero-order valence-electron chi connectivity index (χ0n) is 22.1. The van der Waals surface area contributed by atoms with Crippen LogP contribution in [-0.4, -0.2) is 68.2 Å². The lowest BCUT2D eigenvalue weighted by Gasteiger charge is -2.26. The number of nitrogens with one attached hydrogen (secondary N) is 1. The Labute approximate surface area is 236 Å². The molecule has 0 radical (unpaired) electrons. The number of anilines is 1. The number of methoxy groups -OCH3 is 1. The van der Waals surface area contributed by atoms with Crippen molar-refractivity contribution in [3.8, 4) is 22.9 Å². The summed E-state index contributed by atoms with van der Waals surface area (Å²) < 4.78 is 49.4. The molecule has 1 aliphatic heterocycles. The summed E-state index contributed by atoms with van der Waals surface area (Å²) in [5, 5.41) is 7.75. The molecular weight excluding hydrogens is 560 g/mol. The number of hydrogen-bond donors (Lipinski definition) is 1. The highest BCUT2D eigenvalue weighted by Crippen LogP contribution is 2.42. The van der Waals surface area contributed by atoms with Crippen LogP contribution in [0.2, 0.25) is 5.02 Å². The van der Waals surface area contributed by atoms with Crippen molar-refractivity contribution in [3.05, 3.63) is 65.7 Å². The van der Waals surface area contributed by atoms with Gasteiger partial charge >= 0.3 is 0 Å². The number of sulfonamides is 1. The van der Waals surface area contributed by atoms with Crippen molar-refractivity contribution in [2.75, 3.05) is 18.4 Å². The minimum absolute atomic E-state index is 0.0427. The third kappa shape index (κ3) is 5.42. The van der Waals surface area contributed by atoms with Gasteiger partial charge in [0.1, 0.15) is 24.0 Å². The van der Waals surface area contributed by atoms with Crippen LogP contribution in [0.1, 0.15) is 44.6 Å². The number of halogens is 1. The highest BCUT2D eigenvalue weighted by atomic mass is 35.5. The second-order valence-corrected chi connectivity index (χ2v) is 11.7. The van der Waals surface area contributed by atoms with E-state index >= 15 is 0 Å². The second-order valence-electron chi connectivity index (χ2n) is 9.21. The van der Waals surface area contributed by atoms with E-state index in [2.05, 4.69) is 34.9 Å². The Kier molecular flexibility index (Phi) is 7.83. The second kappa shape index (κ2) is 11.3. The summed E-state index contributed by atoms with van der Waals surface area (Å²) in [5.41, 5.74) is 0.569. The Morgan fingerprint density at radius 2 is 1.80 bits per heavy atom. The van der Waals surface area contributed by atoms with Crippen molar-refractivity contribution in [3.63, 3.8) is 0 Å². The Morgan fingerprint density at radius 3 is 2.48 bits per heavy atom. The smallest absolute Gasteiger partial charge is 0.240 e. The van der Waals surface area contributed by atoms with Crippen LogP contribution < -0.4 is 14.2 Å². The molecule has 40 heavy (non-hydrogen) atoms. The highest BCUT2D eigenvalue weighted by molar-refractivity contribution is 7.93. The van der Waals surface area contributed by atoms with Crippen LogP contribution in [0.15, 0.2) is 49.1 Å². The van der Waals surface area contributed by atoms with Gasteiger partial charge in [-0.15, -0.1) is 10.2 Å². The lowest BCUT2D eigenvalue weighted by atomic mass is 10.1. The number of ether oxygens (including phenoxy) is 3. The van der Waals surface area contributed by atoms with Crippen molar-refractivity contribution in [1.29, 1.82) is 0 Å². The number of nitrogens with zero attached hydrogens (tertiary/aromatic N) is 7. The fraction of sp³-hybridized carbons (Fsp3) is 0.360. The molecule has 13 nitrogen and oxygen atoms in total. The Bertz CT molecular complexity index is 1580. The first-order valence-electron chi connectivity index (χ1n) is 12.4. The predicted molar refractivity (Wildman–Crippen MR) is 146 cm³/mol. The topological polar surface area (TPSA) is 156 Å². The largest absolute Gasteiger partial charge is 0.493 e. The molecule has 1 aromatic carbocycles.